The van der Waals surface area contributed by atoms with Crippen LogP contribution in [0.2, 0.25) is 0 Å². The lowest BCUT2D eigenvalue weighted by atomic mass is 10.0. The molecule has 3 nitrogen and oxygen atoms in total. The zero-order valence-electron chi connectivity index (χ0n) is 17.4. The molecule has 30 heavy (non-hydrogen) atoms. The van der Waals surface area contributed by atoms with Crippen LogP contribution >= 0.6 is 12.4 Å². The van der Waals surface area contributed by atoms with Gasteiger partial charge in [-0.1, -0.05) is 67.9 Å². The molecule has 0 radical (unpaired) electrons. The van der Waals surface area contributed by atoms with Crippen LogP contribution in [0.15, 0.2) is 72.8 Å². The van der Waals surface area contributed by atoms with E-state index in [1.165, 1.54) is 17.7 Å². The lowest BCUT2D eigenvalue weighted by molar-refractivity contribution is 0.280. The van der Waals surface area contributed by atoms with Gasteiger partial charge in [0.05, 0.1) is 7.11 Å². The lowest BCUT2D eigenvalue weighted by Gasteiger charge is -2.21. The van der Waals surface area contributed by atoms with Crippen molar-refractivity contribution in [2.24, 2.45) is 0 Å². The Labute approximate surface area is 184 Å². The van der Waals surface area contributed by atoms with Crippen molar-refractivity contribution in [2.75, 3.05) is 7.11 Å². The molecule has 0 bridgehead atoms. The highest BCUT2D eigenvalue weighted by Crippen LogP contribution is 2.32. The molecule has 0 aliphatic heterocycles. The van der Waals surface area contributed by atoms with Crippen molar-refractivity contribution in [3.63, 3.8) is 0 Å². The average molecular weight is 430 g/mol. The average Bonchev–Trinajstić information content (AvgIpc) is 2.77. The van der Waals surface area contributed by atoms with Crippen LogP contribution in [0.3, 0.4) is 0 Å². The van der Waals surface area contributed by atoms with Crippen LogP contribution in [0.25, 0.3) is 0 Å². The fraction of sp³-hybridized carbons (Fsp3) is 0.280. The van der Waals surface area contributed by atoms with Crippen molar-refractivity contribution >= 4 is 12.4 Å². The molecule has 0 aliphatic rings. The Morgan fingerprint density at radius 2 is 1.67 bits per heavy atom. The van der Waals surface area contributed by atoms with Crippen LogP contribution < -0.4 is 14.8 Å². The number of nitrogens with one attached hydrogen (secondary N) is 1. The fourth-order valence-electron chi connectivity index (χ4n) is 3.35. The molecule has 1 N–H and O–H groups in total. The fourth-order valence-corrected chi connectivity index (χ4v) is 3.35. The van der Waals surface area contributed by atoms with Gasteiger partial charge in [0.1, 0.15) is 12.4 Å². The van der Waals surface area contributed by atoms with Crippen molar-refractivity contribution in [1.29, 1.82) is 0 Å². The maximum atomic E-state index is 13.1. The van der Waals surface area contributed by atoms with Gasteiger partial charge in [0.25, 0.3) is 0 Å². The standard InChI is InChI=1S/C25H28FNO2.ClH/c1-3-8-23(20-9-5-4-6-10-20)27-17-21-11-7-12-24(28-2)25(21)29-18-19-13-15-22(26)16-14-19;/h4-7,9-16,23,27H,3,8,17-18H2,1-2H3;1H. The zero-order valence-corrected chi connectivity index (χ0v) is 18.3. The van der Waals surface area contributed by atoms with Crippen molar-refractivity contribution in [3.05, 3.63) is 95.3 Å². The van der Waals surface area contributed by atoms with Crippen molar-refractivity contribution in [3.8, 4) is 11.5 Å². The van der Waals surface area contributed by atoms with Crippen LogP contribution in [0.1, 0.15) is 42.5 Å². The van der Waals surface area contributed by atoms with E-state index in [-0.39, 0.29) is 24.3 Å². The topological polar surface area (TPSA) is 30.5 Å². The summed E-state index contributed by atoms with van der Waals surface area (Å²) < 4.78 is 24.8. The van der Waals surface area contributed by atoms with Gasteiger partial charge in [-0.05, 0) is 35.7 Å². The second-order valence-corrected chi connectivity index (χ2v) is 7.00. The Morgan fingerprint density at radius 1 is 0.933 bits per heavy atom. The van der Waals surface area contributed by atoms with E-state index >= 15 is 0 Å². The van der Waals surface area contributed by atoms with E-state index in [0.717, 1.165) is 29.7 Å². The van der Waals surface area contributed by atoms with E-state index in [1.807, 2.05) is 24.3 Å². The summed E-state index contributed by atoms with van der Waals surface area (Å²) in [6, 6.07) is 23.0. The quantitative estimate of drug-likeness (QED) is 0.400. The van der Waals surface area contributed by atoms with Gasteiger partial charge in [0, 0.05) is 18.2 Å². The second kappa shape index (κ2) is 12.2. The summed E-state index contributed by atoms with van der Waals surface area (Å²) >= 11 is 0. The van der Waals surface area contributed by atoms with Crippen LogP contribution in [0, 0.1) is 5.82 Å². The molecule has 1 atom stereocenters. The van der Waals surface area contributed by atoms with Crippen molar-refractivity contribution < 1.29 is 13.9 Å². The molecule has 0 aromatic heterocycles. The molecule has 1 unspecified atom stereocenters. The Morgan fingerprint density at radius 3 is 2.33 bits per heavy atom. The van der Waals surface area contributed by atoms with Crippen LogP contribution in [0.4, 0.5) is 4.39 Å². The van der Waals surface area contributed by atoms with Gasteiger partial charge < -0.3 is 14.8 Å². The first kappa shape index (κ1) is 23.7. The van der Waals surface area contributed by atoms with E-state index < -0.39 is 0 Å². The molecule has 0 spiro atoms. The normalized spacial score (nSPS) is 11.4. The van der Waals surface area contributed by atoms with Gasteiger partial charge in [-0.25, -0.2) is 4.39 Å². The van der Waals surface area contributed by atoms with Crippen molar-refractivity contribution in [2.45, 2.75) is 39.0 Å². The zero-order chi connectivity index (χ0) is 20.5. The second-order valence-electron chi connectivity index (χ2n) is 7.00. The Bertz CT molecular complexity index is 887. The summed E-state index contributed by atoms with van der Waals surface area (Å²) in [6.07, 6.45) is 2.15. The van der Waals surface area contributed by atoms with Gasteiger partial charge in [-0.15, -0.1) is 12.4 Å². The van der Waals surface area contributed by atoms with Gasteiger partial charge in [0.15, 0.2) is 11.5 Å². The van der Waals surface area contributed by atoms with E-state index in [1.54, 1.807) is 19.2 Å². The van der Waals surface area contributed by atoms with Gasteiger partial charge >= 0.3 is 0 Å². The number of halogens is 2. The number of rotatable bonds is 10. The van der Waals surface area contributed by atoms with Gasteiger partial charge in [-0.2, -0.15) is 0 Å². The van der Waals surface area contributed by atoms with Crippen molar-refractivity contribution in [1.82, 2.24) is 5.32 Å². The van der Waals surface area contributed by atoms with E-state index in [2.05, 4.69) is 36.5 Å². The molecule has 0 saturated heterocycles. The highest BCUT2D eigenvalue weighted by molar-refractivity contribution is 5.85. The highest BCUT2D eigenvalue weighted by atomic mass is 35.5. The molecule has 160 valence electrons. The highest BCUT2D eigenvalue weighted by Gasteiger charge is 2.14. The number of hydrogen-bond donors (Lipinski definition) is 1. The molecule has 0 saturated carbocycles. The Balaban J connectivity index is 0.00000320. The number of methoxy groups -OCH3 is 1. The SMILES string of the molecule is CCCC(NCc1cccc(OC)c1OCc1ccc(F)cc1)c1ccccc1.Cl. The first-order valence-corrected chi connectivity index (χ1v) is 10.0. The maximum absolute atomic E-state index is 13.1. The summed E-state index contributed by atoms with van der Waals surface area (Å²) in [5.74, 6) is 1.16. The molecule has 0 amide bonds. The first-order valence-electron chi connectivity index (χ1n) is 10.0. The Kier molecular flexibility index (Phi) is 9.65. The molecule has 0 fully saturated rings. The predicted molar refractivity (Wildman–Crippen MR) is 122 cm³/mol. The van der Waals surface area contributed by atoms with E-state index in [4.69, 9.17) is 9.47 Å². The molecule has 5 heteroatoms. The Hall–Kier alpha value is -2.56. The van der Waals surface area contributed by atoms with E-state index in [0.29, 0.717) is 18.9 Å². The molecule has 3 aromatic carbocycles. The summed E-state index contributed by atoms with van der Waals surface area (Å²) in [5, 5.41) is 3.67. The molecule has 3 rings (SSSR count). The smallest absolute Gasteiger partial charge is 0.166 e. The number of benzene rings is 3. The number of para-hydroxylation sites is 1. The lowest BCUT2D eigenvalue weighted by Crippen LogP contribution is -2.21. The molecule has 3 aromatic rings. The number of ether oxygens (including phenoxy) is 2. The minimum atomic E-state index is -0.251. The van der Waals surface area contributed by atoms with Gasteiger partial charge in [-0.3, -0.25) is 0 Å². The first-order chi connectivity index (χ1) is 14.2. The summed E-state index contributed by atoms with van der Waals surface area (Å²) in [5.41, 5.74) is 3.22. The monoisotopic (exact) mass is 429 g/mol. The predicted octanol–water partition coefficient (Wildman–Crippen LogP) is 6.47. The van der Waals surface area contributed by atoms with Crippen LogP contribution in [-0.2, 0) is 13.2 Å². The van der Waals surface area contributed by atoms with E-state index in [9.17, 15) is 4.39 Å². The molecular formula is C25H29ClFNO2. The minimum Gasteiger partial charge on any atom is -0.493 e. The van der Waals surface area contributed by atoms with Crippen LogP contribution in [-0.4, -0.2) is 7.11 Å². The molecule has 0 aliphatic carbocycles. The van der Waals surface area contributed by atoms with Gasteiger partial charge in [0.2, 0.25) is 0 Å². The summed E-state index contributed by atoms with van der Waals surface area (Å²) in [6.45, 7) is 3.21. The third-order valence-corrected chi connectivity index (χ3v) is 4.90. The van der Waals surface area contributed by atoms with Crippen LogP contribution in [0.5, 0.6) is 11.5 Å². The summed E-state index contributed by atoms with van der Waals surface area (Å²) in [7, 11) is 1.64. The minimum absolute atomic E-state index is 0. The molecule has 0 heterocycles. The third-order valence-electron chi connectivity index (χ3n) is 4.90. The third kappa shape index (κ3) is 6.48. The largest absolute Gasteiger partial charge is 0.493 e. The maximum Gasteiger partial charge on any atom is 0.166 e. The summed E-state index contributed by atoms with van der Waals surface area (Å²) in [4.78, 5) is 0. The number of hydrogen-bond acceptors (Lipinski definition) is 3. The molecular weight excluding hydrogens is 401 g/mol.